The van der Waals surface area contributed by atoms with Crippen LogP contribution in [0.2, 0.25) is 0 Å². The molecule has 3 rings (SSSR count). The van der Waals surface area contributed by atoms with E-state index in [-0.39, 0.29) is 35.5 Å². The van der Waals surface area contributed by atoms with Crippen molar-refractivity contribution in [3.63, 3.8) is 0 Å². The Bertz CT molecular complexity index is 1040. The minimum atomic E-state index is -4.62. The van der Waals surface area contributed by atoms with Crippen LogP contribution in [0, 0.1) is 0 Å². The van der Waals surface area contributed by atoms with Crippen LogP contribution >= 0.6 is 0 Å². The molecule has 0 aromatic heterocycles. The molecule has 0 bridgehead atoms. The van der Waals surface area contributed by atoms with Crippen molar-refractivity contribution in [3.8, 4) is 0 Å². The number of rotatable bonds is 5. The van der Waals surface area contributed by atoms with E-state index in [1.54, 1.807) is 6.07 Å². The molecule has 1 heterocycles. The smallest absolute Gasteiger partial charge is 0.326 e. The van der Waals surface area contributed by atoms with Crippen LogP contribution in [0.3, 0.4) is 0 Å². The number of alkyl halides is 3. The standard InChI is InChI=1S/C18H15F3N2O4S/c19-18(20,21)13-7-2-3-8-14(13)22-16(24)10-5-11-23-17(25)12-6-1-4-9-15(12)28(23,26)27/h1-4,6-9H,5,10-11H2,(H,22,24). The number of amides is 2. The maximum atomic E-state index is 13.0. The van der Waals surface area contributed by atoms with Crippen LogP contribution in [0.5, 0.6) is 0 Å². The van der Waals surface area contributed by atoms with Crippen LogP contribution in [-0.2, 0) is 21.0 Å². The first kappa shape index (κ1) is 19.9. The molecule has 0 unspecified atom stereocenters. The van der Waals surface area contributed by atoms with Gasteiger partial charge in [0.25, 0.3) is 15.9 Å². The SMILES string of the molecule is O=C(CCCN1C(=O)c2ccccc2S1(=O)=O)Nc1ccccc1C(F)(F)F. The summed E-state index contributed by atoms with van der Waals surface area (Å²) < 4.78 is 64.3. The lowest BCUT2D eigenvalue weighted by molar-refractivity contribution is -0.137. The molecule has 2 amide bonds. The highest BCUT2D eigenvalue weighted by Crippen LogP contribution is 2.34. The van der Waals surface area contributed by atoms with Crippen LogP contribution in [-0.4, -0.2) is 31.1 Å². The van der Waals surface area contributed by atoms with Crippen molar-refractivity contribution < 1.29 is 31.2 Å². The van der Waals surface area contributed by atoms with Gasteiger partial charge in [0.1, 0.15) is 4.90 Å². The van der Waals surface area contributed by atoms with Gasteiger partial charge in [-0.05, 0) is 30.7 Å². The topological polar surface area (TPSA) is 83.6 Å². The van der Waals surface area contributed by atoms with Gasteiger partial charge in [0.2, 0.25) is 5.91 Å². The fraction of sp³-hybridized carbons (Fsp3) is 0.222. The van der Waals surface area contributed by atoms with Gasteiger partial charge in [0.05, 0.1) is 16.8 Å². The molecular formula is C18H15F3N2O4S. The molecule has 28 heavy (non-hydrogen) atoms. The van der Waals surface area contributed by atoms with Gasteiger partial charge in [0, 0.05) is 13.0 Å². The molecule has 2 aromatic rings. The van der Waals surface area contributed by atoms with Gasteiger partial charge in [-0.1, -0.05) is 24.3 Å². The second-order valence-corrected chi connectivity index (χ2v) is 7.90. The zero-order valence-corrected chi connectivity index (χ0v) is 15.2. The Balaban J connectivity index is 1.63. The Morgan fingerprint density at radius 1 is 1.04 bits per heavy atom. The maximum Gasteiger partial charge on any atom is 0.418 e. The summed E-state index contributed by atoms with van der Waals surface area (Å²) in [4.78, 5) is 24.2. The third-order valence-corrected chi connectivity index (χ3v) is 6.02. The lowest BCUT2D eigenvalue weighted by Gasteiger charge is -2.16. The molecule has 0 fully saturated rings. The van der Waals surface area contributed by atoms with Crippen molar-refractivity contribution in [2.75, 3.05) is 11.9 Å². The second kappa shape index (κ2) is 7.27. The highest BCUT2D eigenvalue weighted by molar-refractivity contribution is 7.90. The Labute approximate surface area is 159 Å². The Morgan fingerprint density at radius 2 is 1.68 bits per heavy atom. The average molecular weight is 412 g/mol. The first-order valence-corrected chi connectivity index (χ1v) is 9.68. The van der Waals surface area contributed by atoms with Crippen molar-refractivity contribution in [2.24, 2.45) is 0 Å². The molecule has 0 saturated heterocycles. The Hall–Kier alpha value is -2.88. The van der Waals surface area contributed by atoms with Crippen LogP contribution in [0.15, 0.2) is 53.4 Å². The molecule has 1 aliphatic rings. The van der Waals surface area contributed by atoms with Crippen molar-refractivity contribution in [1.29, 1.82) is 0 Å². The van der Waals surface area contributed by atoms with Crippen molar-refractivity contribution >= 4 is 27.5 Å². The fourth-order valence-corrected chi connectivity index (χ4v) is 4.49. The van der Waals surface area contributed by atoms with E-state index in [0.29, 0.717) is 4.31 Å². The van der Waals surface area contributed by atoms with E-state index >= 15 is 0 Å². The molecule has 1 aliphatic heterocycles. The van der Waals surface area contributed by atoms with Gasteiger partial charge in [-0.25, -0.2) is 12.7 Å². The second-order valence-electron chi connectivity index (χ2n) is 6.07. The number of nitrogens with one attached hydrogen (secondary N) is 1. The quantitative estimate of drug-likeness (QED) is 0.817. The highest BCUT2D eigenvalue weighted by Gasteiger charge is 2.40. The molecule has 0 radical (unpaired) electrons. The van der Waals surface area contributed by atoms with E-state index in [0.717, 1.165) is 12.1 Å². The van der Waals surface area contributed by atoms with E-state index in [2.05, 4.69) is 5.32 Å². The average Bonchev–Trinajstić information content (AvgIpc) is 2.82. The number of carbonyl (C=O) groups is 2. The number of benzene rings is 2. The van der Waals surface area contributed by atoms with Crippen LogP contribution < -0.4 is 5.32 Å². The number of carbonyl (C=O) groups excluding carboxylic acids is 2. The summed E-state index contributed by atoms with van der Waals surface area (Å²) in [5, 5.41) is 2.18. The Morgan fingerprint density at radius 3 is 2.36 bits per heavy atom. The summed E-state index contributed by atoms with van der Waals surface area (Å²) in [6.45, 7) is -0.246. The first-order valence-electron chi connectivity index (χ1n) is 8.24. The normalized spacial score (nSPS) is 15.4. The molecule has 0 spiro atoms. The molecule has 0 atom stereocenters. The molecule has 0 saturated carbocycles. The lowest BCUT2D eigenvalue weighted by Crippen LogP contribution is -2.31. The predicted octanol–water partition coefficient (Wildman–Crippen LogP) is 3.27. The number of hydrogen-bond donors (Lipinski definition) is 1. The summed E-state index contributed by atoms with van der Waals surface area (Å²) in [5.74, 6) is -1.39. The molecule has 148 valence electrons. The predicted molar refractivity (Wildman–Crippen MR) is 94.0 cm³/mol. The Kier molecular flexibility index (Phi) is 5.16. The van der Waals surface area contributed by atoms with Crippen molar-refractivity contribution in [3.05, 3.63) is 59.7 Å². The minimum Gasteiger partial charge on any atom is -0.326 e. The molecular weight excluding hydrogens is 397 g/mol. The molecule has 6 nitrogen and oxygen atoms in total. The monoisotopic (exact) mass is 412 g/mol. The molecule has 10 heteroatoms. The van der Waals surface area contributed by atoms with Crippen LogP contribution in [0.4, 0.5) is 18.9 Å². The largest absolute Gasteiger partial charge is 0.418 e. The number of para-hydroxylation sites is 1. The lowest BCUT2D eigenvalue weighted by atomic mass is 10.1. The number of anilines is 1. The van der Waals surface area contributed by atoms with E-state index in [4.69, 9.17) is 0 Å². The number of sulfonamides is 1. The maximum absolute atomic E-state index is 13.0. The summed E-state index contributed by atoms with van der Waals surface area (Å²) in [7, 11) is -3.98. The van der Waals surface area contributed by atoms with Gasteiger partial charge in [-0.15, -0.1) is 0 Å². The third kappa shape index (κ3) is 3.72. The van der Waals surface area contributed by atoms with Gasteiger partial charge >= 0.3 is 6.18 Å². The molecule has 1 N–H and O–H groups in total. The summed E-state index contributed by atoms with van der Waals surface area (Å²) in [6.07, 6.45) is -4.90. The van der Waals surface area contributed by atoms with Crippen molar-refractivity contribution in [2.45, 2.75) is 23.9 Å². The fourth-order valence-electron chi connectivity index (χ4n) is 2.89. The summed E-state index contributed by atoms with van der Waals surface area (Å²) in [5.41, 5.74) is -1.29. The zero-order chi connectivity index (χ0) is 20.5. The number of nitrogens with zero attached hydrogens (tertiary/aromatic N) is 1. The summed E-state index contributed by atoms with van der Waals surface area (Å²) in [6, 6.07) is 10.3. The number of hydrogen-bond acceptors (Lipinski definition) is 4. The zero-order valence-electron chi connectivity index (χ0n) is 14.4. The first-order chi connectivity index (χ1) is 13.1. The van der Waals surface area contributed by atoms with Gasteiger partial charge in [0.15, 0.2) is 0 Å². The number of fused-ring (bicyclic) bond motifs is 1. The van der Waals surface area contributed by atoms with Gasteiger partial charge < -0.3 is 5.32 Å². The summed E-state index contributed by atoms with van der Waals surface area (Å²) >= 11 is 0. The van der Waals surface area contributed by atoms with E-state index in [1.807, 2.05) is 0 Å². The van der Waals surface area contributed by atoms with Gasteiger partial charge in [-0.2, -0.15) is 13.2 Å². The highest BCUT2D eigenvalue weighted by atomic mass is 32.2. The molecule has 2 aromatic carbocycles. The van der Waals surface area contributed by atoms with E-state index in [1.165, 1.54) is 30.3 Å². The molecule has 0 aliphatic carbocycles. The van der Waals surface area contributed by atoms with Crippen LogP contribution in [0.1, 0.15) is 28.8 Å². The third-order valence-electron chi connectivity index (χ3n) is 4.18. The number of halogens is 3. The van der Waals surface area contributed by atoms with Crippen LogP contribution in [0.25, 0.3) is 0 Å². The van der Waals surface area contributed by atoms with E-state index in [9.17, 15) is 31.2 Å². The van der Waals surface area contributed by atoms with Gasteiger partial charge in [-0.3, -0.25) is 9.59 Å². The minimum absolute atomic E-state index is 0.0288. The van der Waals surface area contributed by atoms with E-state index < -0.39 is 33.6 Å². The van der Waals surface area contributed by atoms with Crippen molar-refractivity contribution in [1.82, 2.24) is 4.31 Å².